The summed E-state index contributed by atoms with van der Waals surface area (Å²) in [5.41, 5.74) is 1.08. The van der Waals surface area contributed by atoms with Crippen LogP contribution in [0, 0.1) is 0 Å². The highest BCUT2D eigenvalue weighted by atomic mass is 16.5. The lowest BCUT2D eigenvalue weighted by atomic mass is 10.1. The number of hydrogen-bond donors (Lipinski definition) is 2. The summed E-state index contributed by atoms with van der Waals surface area (Å²) < 4.78 is 11.3. The van der Waals surface area contributed by atoms with Gasteiger partial charge in [-0.05, 0) is 50.0 Å². The average Bonchev–Trinajstić information content (AvgIpc) is 3.15. The Morgan fingerprint density at radius 3 is 2.69 bits per heavy atom. The third-order valence-electron chi connectivity index (χ3n) is 5.64. The number of carbonyl (C=O) groups excluding carboxylic acids is 1. The maximum absolute atomic E-state index is 11.7. The van der Waals surface area contributed by atoms with Crippen molar-refractivity contribution in [3.63, 3.8) is 0 Å². The van der Waals surface area contributed by atoms with Gasteiger partial charge in [0.15, 0.2) is 11.5 Å². The van der Waals surface area contributed by atoms with E-state index in [2.05, 4.69) is 10.2 Å². The average molecular weight is 406 g/mol. The summed E-state index contributed by atoms with van der Waals surface area (Å²) in [6.07, 6.45) is 4.85. The molecule has 0 saturated carbocycles. The third kappa shape index (κ3) is 6.87. The predicted octanol–water partition coefficient (Wildman–Crippen LogP) is 1.63. The SMILES string of the molecule is COc1ccc(CNCCN2CCCC2=O)cc1OCC(O)CN1CCCCC1. The lowest BCUT2D eigenvalue weighted by molar-refractivity contribution is -0.127. The highest BCUT2D eigenvalue weighted by Gasteiger charge is 2.19. The number of β-amino-alcohol motifs (C(OH)–C–C–N with tert-alkyl or cyclic N) is 1. The Morgan fingerprint density at radius 2 is 1.97 bits per heavy atom. The molecule has 7 nitrogen and oxygen atoms in total. The van der Waals surface area contributed by atoms with Gasteiger partial charge >= 0.3 is 0 Å². The van der Waals surface area contributed by atoms with Gasteiger partial charge < -0.3 is 29.7 Å². The molecule has 2 N–H and O–H groups in total. The van der Waals surface area contributed by atoms with Gasteiger partial charge in [-0.25, -0.2) is 0 Å². The highest BCUT2D eigenvalue weighted by molar-refractivity contribution is 5.78. The zero-order valence-corrected chi connectivity index (χ0v) is 17.6. The van der Waals surface area contributed by atoms with Crippen molar-refractivity contribution in [1.29, 1.82) is 0 Å². The topological polar surface area (TPSA) is 74.3 Å². The van der Waals surface area contributed by atoms with Gasteiger partial charge in [0, 0.05) is 39.1 Å². The van der Waals surface area contributed by atoms with E-state index < -0.39 is 6.10 Å². The molecule has 1 unspecified atom stereocenters. The van der Waals surface area contributed by atoms with Crippen LogP contribution in [-0.4, -0.2) is 79.9 Å². The number of hydrogen-bond acceptors (Lipinski definition) is 6. The van der Waals surface area contributed by atoms with Crippen LogP contribution in [0.3, 0.4) is 0 Å². The van der Waals surface area contributed by atoms with Gasteiger partial charge in [-0.3, -0.25) is 4.79 Å². The highest BCUT2D eigenvalue weighted by Crippen LogP contribution is 2.28. The summed E-state index contributed by atoms with van der Waals surface area (Å²) in [6, 6.07) is 5.86. The number of aliphatic hydroxyl groups excluding tert-OH is 1. The quantitative estimate of drug-likeness (QED) is 0.545. The van der Waals surface area contributed by atoms with Crippen LogP contribution in [0.25, 0.3) is 0 Å². The normalized spacial score (nSPS) is 18.8. The minimum Gasteiger partial charge on any atom is -0.493 e. The smallest absolute Gasteiger partial charge is 0.222 e. The Bertz CT molecular complexity index is 649. The molecule has 2 aliphatic rings. The van der Waals surface area contributed by atoms with Gasteiger partial charge in [0.05, 0.1) is 7.11 Å². The maximum atomic E-state index is 11.7. The molecule has 1 amide bonds. The summed E-state index contributed by atoms with van der Waals surface area (Å²) in [7, 11) is 1.62. The monoisotopic (exact) mass is 405 g/mol. The molecule has 2 saturated heterocycles. The molecule has 1 atom stereocenters. The number of ether oxygens (including phenoxy) is 2. The van der Waals surface area contributed by atoms with E-state index in [9.17, 15) is 9.90 Å². The third-order valence-corrected chi connectivity index (χ3v) is 5.64. The first kappa shape index (κ1) is 21.9. The van der Waals surface area contributed by atoms with E-state index in [4.69, 9.17) is 9.47 Å². The minimum absolute atomic E-state index is 0.251. The molecule has 3 rings (SSSR count). The van der Waals surface area contributed by atoms with Crippen LogP contribution in [-0.2, 0) is 11.3 Å². The standard InChI is InChI=1S/C22H35N3O4/c1-28-20-8-7-18(15-23-9-13-25-12-5-6-22(25)27)14-21(20)29-17-19(26)16-24-10-3-2-4-11-24/h7-8,14,19,23,26H,2-6,9-13,15-17H2,1H3. The molecule has 0 bridgehead atoms. The molecule has 2 heterocycles. The second-order valence-electron chi connectivity index (χ2n) is 7.97. The van der Waals surface area contributed by atoms with Crippen LogP contribution in [0.2, 0.25) is 0 Å². The maximum Gasteiger partial charge on any atom is 0.222 e. The van der Waals surface area contributed by atoms with Gasteiger partial charge in [-0.2, -0.15) is 0 Å². The van der Waals surface area contributed by atoms with Crippen LogP contribution in [0.4, 0.5) is 0 Å². The number of nitrogens with one attached hydrogen (secondary N) is 1. The summed E-state index contributed by atoms with van der Waals surface area (Å²) in [4.78, 5) is 15.9. The summed E-state index contributed by atoms with van der Waals surface area (Å²) >= 11 is 0. The molecule has 29 heavy (non-hydrogen) atoms. The van der Waals surface area contributed by atoms with Crippen molar-refractivity contribution >= 4 is 5.91 Å². The van der Waals surface area contributed by atoms with Gasteiger partial charge in [0.25, 0.3) is 0 Å². The molecule has 7 heteroatoms. The number of rotatable bonds is 11. The fourth-order valence-electron chi connectivity index (χ4n) is 4.01. The summed E-state index contributed by atoms with van der Waals surface area (Å²) in [5.74, 6) is 1.58. The first-order valence-electron chi connectivity index (χ1n) is 10.8. The Labute approximate surface area is 174 Å². The van der Waals surface area contributed by atoms with E-state index in [1.165, 1.54) is 19.3 Å². The molecular weight excluding hydrogens is 370 g/mol. The molecule has 2 fully saturated rings. The second kappa shape index (κ2) is 11.4. The number of methoxy groups -OCH3 is 1. The Morgan fingerprint density at radius 1 is 1.14 bits per heavy atom. The lowest BCUT2D eigenvalue weighted by Crippen LogP contribution is -2.38. The zero-order chi connectivity index (χ0) is 20.5. The van der Waals surface area contributed by atoms with Crippen LogP contribution in [0.15, 0.2) is 18.2 Å². The molecule has 1 aromatic rings. The van der Waals surface area contributed by atoms with E-state index in [1.54, 1.807) is 7.11 Å². The zero-order valence-electron chi connectivity index (χ0n) is 17.6. The first-order valence-corrected chi connectivity index (χ1v) is 10.8. The van der Waals surface area contributed by atoms with Crippen LogP contribution in [0.1, 0.15) is 37.7 Å². The Hall–Kier alpha value is -1.83. The number of carbonyl (C=O) groups is 1. The van der Waals surface area contributed by atoms with Crippen molar-refractivity contribution in [3.05, 3.63) is 23.8 Å². The fraction of sp³-hybridized carbons (Fsp3) is 0.682. The predicted molar refractivity (Wildman–Crippen MR) is 112 cm³/mol. The van der Waals surface area contributed by atoms with Gasteiger partial charge in [0.1, 0.15) is 12.7 Å². The molecule has 0 spiro atoms. The van der Waals surface area contributed by atoms with Crippen molar-refractivity contribution < 1.29 is 19.4 Å². The van der Waals surface area contributed by atoms with E-state index in [-0.39, 0.29) is 12.5 Å². The lowest BCUT2D eigenvalue weighted by Gasteiger charge is -2.28. The van der Waals surface area contributed by atoms with Crippen LogP contribution >= 0.6 is 0 Å². The van der Waals surface area contributed by atoms with Gasteiger partial charge in [-0.1, -0.05) is 12.5 Å². The largest absolute Gasteiger partial charge is 0.493 e. The molecule has 0 aromatic heterocycles. The molecular formula is C22H35N3O4. The number of piperidine rings is 1. The van der Waals surface area contributed by atoms with E-state index in [1.807, 2.05) is 23.1 Å². The number of nitrogens with zero attached hydrogens (tertiary/aromatic N) is 2. The molecule has 1 aromatic carbocycles. The molecule has 2 aliphatic heterocycles. The van der Waals surface area contributed by atoms with Crippen molar-refractivity contribution in [2.24, 2.45) is 0 Å². The molecule has 0 aliphatic carbocycles. The summed E-state index contributed by atoms with van der Waals surface area (Å²) in [5, 5.41) is 13.7. The van der Waals surface area contributed by atoms with Crippen molar-refractivity contribution in [2.75, 3.05) is 53.0 Å². The first-order chi connectivity index (χ1) is 14.2. The van der Waals surface area contributed by atoms with Crippen molar-refractivity contribution in [2.45, 2.75) is 44.8 Å². The Kier molecular flexibility index (Phi) is 8.58. The minimum atomic E-state index is -0.516. The summed E-state index contributed by atoms with van der Waals surface area (Å²) in [6.45, 7) is 6.11. The number of benzene rings is 1. The fourth-order valence-corrected chi connectivity index (χ4v) is 4.01. The van der Waals surface area contributed by atoms with E-state index in [0.29, 0.717) is 31.0 Å². The van der Waals surface area contributed by atoms with Crippen molar-refractivity contribution in [1.82, 2.24) is 15.1 Å². The Balaban J connectivity index is 1.44. The molecule has 0 radical (unpaired) electrons. The van der Waals surface area contributed by atoms with E-state index >= 15 is 0 Å². The number of aliphatic hydroxyl groups is 1. The van der Waals surface area contributed by atoms with Crippen molar-refractivity contribution in [3.8, 4) is 11.5 Å². The van der Waals surface area contributed by atoms with Gasteiger partial charge in [-0.15, -0.1) is 0 Å². The van der Waals surface area contributed by atoms with E-state index in [0.717, 1.165) is 44.7 Å². The van der Waals surface area contributed by atoms with Crippen LogP contribution in [0.5, 0.6) is 11.5 Å². The molecule has 162 valence electrons. The van der Waals surface area contributed by atoms with Crippen LogP contribution < -0.4 is 14.8 Å². The second-order valence-corrected chi connectivity index (χ2v) is 7.97. The van der Waals surface area contributed by atoms with Gasteiger partial charge in [0.2, 0.25) is 5.91 Å². The number of likely N-dealkylation sites (tertiary alicyclic amines) is 2. The number of amides is 1.